The van der Waals surface area contributed by atoms with Crippen LogP contribution in [0.1, 0.15) is 10.4 Å². The van der Waals surface area contributed by atoms with Crippen molar-refractivity contribution in [3.8, 4) is 17.1 Å². The second-order valence-electron chi connectivity index (χ2n) is 4.43. The number of carbonyl (C=O) groups is 1. The molecule has 5 nitrogen and oxygen atoms in total. The zero-order valence-electron chi connectivity index (χ0n) is 11.1. The van der Waals surface area contributed by atoms with Crippen molar-refractivity contribution in [1.82, 2.24) is 9.38 Å². The number of aromatic nitrogens is 2. The van der Waals surface area contributed by atoms with Crippen LogP contribution in [-0.2, 0) is 0 Å². The molecule has 3 aromatic rings. The Morgan fingerprint density at radius 1 is 1.24 bits per heavy atom. The number of imidazole rings is 1. The number of fused-ring (bicyclic) bond motifs is 1. The molecule has 0 aliphatic carbocycles. The van der Waals surface area contributed by atoms with Gasteiger partial charge in [0.2, 0.25) is 0 Å². The number of benzene rings is 1. The van der Waals surface area contributed by atoms with Crippen molar-refractivity contribution in [1.29, 1.82) is 0 Å². The first kappa shape index (κ1) is 13.5. The third-order valence-electron chi connectivity index (χ3n) is 3.19. The van der Waals surface area contributed by atoms with Crippen molar-refractivity contribution >= 4 is 23.1 Å². The summed E-state index contributed by atoms with van der Waals surface area (Å²) in [5.41, 5.74) is 1.65. The van der Waals surface area contributed by atoms with E-state index < -0.39 is 5.97 Å². The fraction of sp³-hybridized carbons (Fsp3) is 0.0667. The Bertz CT molecular complexity index is 825. The van der Waals surface area contributed by atoms with Gasteiger partial charge in [-0.2, -0.15) is 0 Å². The van der Waals surface area contributed by atoms with Gasteiger partial charge in [-0.15, -0.1) is 0 Å². The van der Waals surface area contributed by atoms with E-state index in [2.05, 4.69) is 4.98 Å². The second kappa shape index (κ2) is 5.10. The van der Waals surface area contributed by atoms with Gasteiger partial charge < -0.3 is 9.84 Å². The van der Waals surface area contributed by atoms with Gasteiger partial charge in [0.15, 0.2) is 5.15 Å². The first-order valence-electron chi connectivity index (χ1n) is 6.15. The van der Waals surface area contributed by atoms with Crippen LogP contribution in [0.5, 0.6) is 5.75 Å². The summed E-state index contributed by atoms with van der Waals surface area (Å²) in [6, 6.07) is 10.5. The van der Waals surface area contributed by atoms with Gasteiger partial charge >= 0.3 is 5.97 Å². The summed E-state index contributed by atoms with van der Waals surface area (Å²) in [5, 5.41) is 9.43. The average molecular weight is 303 g/mol. The highest BCUT2D eigenvalue weighted by molar-refractivity contribution is 6.33. The number of carboxylic acids is 1. The van der Waals surface area contributed by atoms with E-state index in [4.69, 9.17) is 21.4 Å². The molecule has 2 aromatic heterocycles. The first-order valence-corrected chi connectivity index (χ1v) is 6.53. The monoisotopic (exact) mass is 302 g/mol. The van der Waals surface area contributed by atoms with E-state index in [0.717, 1.165) is 11.3 Å². The summed E-state index contributed by atoms with van der Waals surface area (Å²) >= 11 is 6.11. The van der Waals surface area contributed by atoms with E-state index >= 15 is 0 Å². The van der Waals surface area contributed by atoms with Gasteiger partial charge in [-0.05, 0) is 36.4 Å². The molecule has 0 saturated carbocycles. The molecule has 21 heavy (non-hydrogen) atoms. The van der Waals surface area contributed by atoms with Crippen LogP contribution in [0, 0.1) is 0 Å². The lowest BCUT2D eigenvalue weighted by molar-refractivity contribution is 0.0696. The number of methoxy groups -OCH3 is 1. The molecule has 0 fully saturated rings. The van der Waals surface area contributed by atoms with Crippen molar-refractivity contribution in [2.24, 2.45) is 0 Å². The number of carboxylic acid groups (broad SMARTS) is 1. The summed E-state index contributed by atoms with van der Waals surface area (Å²) in [6.07, 6.45) is 1.51. The zero-order valence-corrected chi connectivity index (χ0v) is 11.8. The van der Waals surface area contributed by atoms with Gasteiger partial charge in [0, 0.05) is 11.8 Å². The van der Waals surface area contributed by atoms with Gasteiger partial charge in [0.1, 0.15) is 11.6 Å². The van der Waals surface area contributed by atoms with Gasteiger partial charge in [-0.3, -0.25) is 4.40 Å². The van der Waals surface area contributed by atoms with Crippen LogP contribution >= 0.6 is 11.6 Å². The van der Waals surface area contributed by atoms with E-state index in [1.54, 1.807) is 17.6 Å². The molecule has 0 saturated heterocycles. The van der Waals surface area contributed by atoms with Crippen LogP contribution in [0.4, 0.5) is 0 Å². The van der Waals surface area contributed by atoms with E-state index in [-0.39, 0.29) is 5.56 Å². The lowest BCUT2D eigenvalue weighted by atomic mass is 10.2. The Kier molecular flexibility index (Phi) is 3.27. The van der Waals surface area contributed by atoms with Gasteiger partial charge in [0.05, 0.1) is 18.2 Å². The molecule has 1 N–H and O–H groups in total. The van der Waals surface area contributed by atoms with Crippen LogP contribution in [0.3, 0.4) is 0 Å². The van der Waals surface area contributed by atoms with Crippen LogP contribution in [0.15, 0.2) is 42.6 Å². The SMILES string of the molecule is COc1ccc(-c2nc(Cl)c3ccc(C(=O)O)cn23)cc1. The molecule has 0 bridgehead atoms. The topological polar surface area (TPSA) is 63.8 Å². The van der Waals surface area contributed by atoms with E-state index in [9.17, 15) is 4.79 Å². The molecule has 0 unspecified atom stereocenters. The second-order valence-corrected chi connectivity index (χ2v) is 4.79. The maximum absolute atomic E-state index is 11.1. The van der Waals surface area contributed by atoms with E-state index in [1.807, 2.05) is 24.3 Å². The summed E-state index contributed by atoms with van der Waals surface area (Å²) < 4.78 is 6.79. The molecule has 0 atom stereocenters. The quantitative estimate of drug-likeness (QED) is 0.805. The van der Waals surface area contributed by atoms with Crippen molar-refractivity contribution in [2.45, 2.75) is 0 Å². The Hall–Kier alpha value is -2.53. The van der Waals surface area contributed by atoms with E-state index in [1.165, 1.54) is 12.3 Å². The van der Waals surface area contributed by atoms with Crippen molar-refractivity contribution in [2.75, 3.05) is 7.11 Å². The number of aromatic carboxylic acids is 1. The summed E-state index contributed by atoms with van der Waals surface area (Å²) in [4.78, 5) is 15.4. The molecule has 3 rings (SSSR count). The highest BCUT2D eigenvalue weighted by Crippen LogP contribution is 2.27. The summed E-state index contributed by atoms with van der Waals surface area (Å²) in [7, 11) is 1.59. The van der Waals surface area contributed by atoms with Gasteiger partial charge in [-0.25, -0.2) is 9.78 Å². The molecular formula is C15H11ClN2O3. The maximum atomic E-state index is 11.1. The van der Waals surface area contributed by atoms with Crippen LogP contribution in [0.2, 0.25) is 5.15 Å². The molecule has 1 aromatic carbocycles. The van der Waals surface area contributed by atoms with Gasteiger partial charge in [0.25, 0.3) is 0 Å². The minimum atomic E-state index is -0.998. The van der Waals surface area contributed by atoms with Crippen molar-refractivity contribution in [3.63, 3.8) is 0 Å². The predicted molar refractivity (Wildman–Crippen MR) is 79.1 cm³/mol. The molecule has 2 heterocycles. The number of ether oxygens (including phenoxy) is 1. The number of nitrogens with zero attached hydrogens (tertiary/aromatic N) is 2. The molecule has 6 heteroatoms. The predicted octanol–water partition coefficient (Wildman–Crippen LogP) is 3.36. The third-order valence-corrected chi connectivity index (χ3v) is 3.47. The first-order chi connectivity index (χ1) is 10.1. The number of pyridine rings is 1. The molecule has 0 aliphatic rings. The standard InChI is InChI=1S/C15H11ClN2O3/c1-21-11-5-2-9(3-6-11)14-17-13(16)12-7-4-10(15(19)20)8-18(12)14/h2-8H,1H3,(H,19,20). The number of rotatable bonds is 3. The van der Waals surface area contributed by atoms with Crippen molar-refractivity contribution in [3.05, 3.63) is 53.3 Å². The number of halogens is 1. The average Bonchev–Trinajstić information content (AvgIpc) is 2.84. The van der Waals surface area contributed by atoms with Crippen LogP contribution in [-0.4, -0.2) is 27.6 Å². The molecule has 0 radical (unpaired) electrons. The normalized spacial score (nSPS) is 10.8. The summed E-state index contributed by atoms with van der Waals surface area (Å²) in [6.45, 7) is 0. The minimum Gasteiger partial charge on any atom is -0.497 e. The van der Waals surface area contributed by atoms with Crippen molar-refractivity contribution < 1.29 is 14.6 Å². The Balaban J connectivity index is 2.20. The lowest BCUT2D eigenvalue weighted by Crippen LogP contribution is -1.99. The fourth-order valence-electron chi connectivity index (χ4n) is 2.12. The fourth-order valence-corrected chi connectivity index (χ4v) is 2.35. The van der Waals surface area contributed by atoms with Crippen LogP contribution in [0.25, 0.3) is 16.9 Å². The van der Waals surface area contributed by atoms with Gasteiger partial charge in [-0.1, -0.05) is 11.6 Å². The number of hydrogen-bond donors (Lipinski definition) is 1. The molecule has 0 amide bonds. The zero-order chi connectivity index (χ0) is 15.0. The lowest BCUT2D eigenvalue weighted by Gasteiger charge is -2.04. The Morgan fingerprint density at radius 3 is 2.57 bits per heavy atom. The molecule has 0 aliphatic heterocycles. The third kappa shape index (κ3) is 2.32. The molecule has 106 valence electrons. The molecule has 0 spiro atoms. The largest absolute Gasteiger partial charge is 0.497 e. The highest BCUT2D eigenvalue weighted by atomic mass is 35.5. The molecular weight excluding hydrogens is 292 g/mol. The van der Waals surface area contributed by atoms with Crippen LogP contribution < -0.4 is 4.74 Å². The minimum absolute atomic E-state index is 0.173. The Morgan fingerprint density at radius 2 is 1.95 bits per heavy atom. The maximum Gasteiger partial charge on any atom is 0.337 e. The summed E-state index contributed by atoms with van der Waals surface area (Å²) in [5.74, 6) is 0.320. The highest BCUT2D eigenvalue weighted by Gasteiger charge is 2.13. The smallest absolute Gasteiger partial charge is 0.337 e. The number of hydrogen-bond acceptors (Lipinski definition) is 3. The van der Waals surface area contributed by atoms with E-state index in [0.29, 0.717) is 16.5 Å². The Labute approximate surface area is 125 Å².